The summed E-state index contributed by atoms with van der Waals surface area (Å²) in [6, 6.07) is 5.45. The van der Waals surface area contributed by atoms with Crippen LogP contribution in [0, 0.1) is 6.92 Å². The Morgan fingerprint density at radius 2 is 2.08 bits per heavy atom. The maximum Gasteiger partial charge on any atom is 0.159 e. The van der Waals surface area contributed by atoms with Crippen LogP contribution in [0.15, 0.2) is 24.8 Å². The van der Waals surface area contributed by atoms with Gasteiger partial charge >= 0.3 is 0 Å². The number of ketones is 1. The van der Waals surface area contributed by atoms with Crippen molar-refractivity contribution in [3.05, 3.63) is 41.5 Å². The van der Waals surface area contributed by atoms with E-state index in [4.69, 9.17) is 5.73 Å². The van der Waals surface area contributed by atoms with Crippen LogP contribution >= 0.6 is 0 Å². The molecule has 13 heavy (non-hydrogen) atoms. The third-order valence-corrected chi connectivity index (χ3v) is 1.99. The number of nitrogens with two attached hydrogens (primary N) is 1. The van der Waals surface area contributed by atoms with Gasteiger partial charge in [0.15, 0.2) is 5.78 Å². The van der Waals surface area contributed by atoms with Crippen molar-refractivity contribution in [3.63, 3.8) is 0 Å². The monoisotopic (exact) mass is 175 g/mol. The van der Waals surface area contributed by atoms with Gasteiger partial charge in [0.1, 0.15) is 0 Å². The lowest BCUT2D eigenvalue weighted by atomic mass is 10.0. The molecular formula is C11H13NO. The van der Waals surface area contributed by atoms with Gasteiger partial charge in [-0.3, -0.25) is 4.79 Å². The summed E-state index contributed by atoms with van der Waals surface area (Å²) in [5.41, 5.74) is 8.65. The summed E-state index contributed by atoms with van der Waals surface area (Å²) in [5, 5.41) is 0. The van der Waals surface area contributed by atoms with Crippen LogP contribution in [0.3, 0.4) is 0 Å². The minimum Gasteiger partial charge on any atom is -0.399 e. The molecule has 0 atom stereocenters. The molecule has 2 heteroatoms. The Bertz CT molecular complexity index is 366. The SMILES string of the molecule is C=C(N)c1cc(C(C)=O)ccc1C. The van der Waals surface area contributed by atoms with Crippen LogP contribution in [0.4, 0.5) is 0 Å². The maximum absolute atomic E-state index is 11.1. The Balaban J connectivity index is 3.27. The van der Waals surface area contributed by atoms with E-state index in [2.05, 4.69) is 6.58 Å². The molecule has 68 valence electrons. The molecule has 0 saturated carbocycles. The lowest BCUT2D eigenvalue weighted by Crippen LogP contribution is -2.00. The highest BCUT2D eigenvalue weighted by Crippen LogP contribution is 2.15. The quantitative estimate of drug-likeness (QED) is 0.700. The molecule has 0 heterocycles. The minimum absolute atomic E-state index is 0.0440. The zero-order valence-electron chi connectivity index (χ0n) is 7.92. The van der Waals surface area contributed by atoms with E-state index in [1.165, 1.54) is 6.92 Å². The third kappa shape index (κ3) is 1.96. The van der Waals surface area contributed by atoms with E-state index in [9.17, 15) is 4.79 Å². The number of benzene rings is 1. The zero-order valence-corrected chi connectivity index (χ0v) is 7.92. The maximum atomic E-state index is 11.1. The lowest BCUT2D eigenvalue weighted by molar-refractivity contribution is 0.101. The Hall–Kier alpha value is -1.57. The van der Waals surface area contributed by atoms with E-state index < -0.39 is 0 Å². The summed E-state index contributed by atoms with van der Waals surface area (Å²) < 4.78 is 0. The summed E-state index contributed by atoms with van der Waals surface area (Å²) in [6.45, 7) is 7.13. The van der Waals surface area contributed by atoms with E-state index in [-0.39, 0.29) is 5.78 Å². The van der Waals surface area contributed by atoms with Gasteiger partial charge in [-0.15, -0.1) is 0 Å². The van der Waals surface area contributed by atoms with Crippen molar-refractivity contribution in [2.24, 2.45) is 5.73 Å². The first-order chi connectivity index (χ1) is 6.02. The molecule has 0 saturated heterocycles. The number of Topliss-reactive ketones (excluding diaryl/α,β-unsaturated/α-hetero) is 1. The number of carbonyl (C=O) groups excluding carboxylic acids is 1. The molecule has 0 aliphatic heterocycles. The highest BCUT2D eigenvalue weighted by Gasteiger charge is 2.04. The highest BCUT2D eigenvalue weighted by molar-refractivity contribution is 5.95. The van der Waals surface area contributed by atoms with Crippen LogP contribution in [0.5, 0.6) is 0 Å². The van der Waals surface area contributed by atoms with Crippen LogP contribution < -0.4 is 5.73 Å². The molecule has 2 nitrogen and oxygen atoms in total. The standard InChI is InChI=1S/C11H13NO/c1-7-4-5-10(9(3)13)6-11(7)8(2)12/h4-6H,2,12H2,1,3H3. The van der Waals surface area contributed by atoms with Gasteiger partial charge in [0, 0.05) is 16.8 Å². The van der Waals surface area contributed by atoms with Crippen LogP contribution in [-0.2, 0) is 0 Å². The summed E-state index contributed by atoms with van der Waals surface area (Å²) in [6.07, 6.45) is 0. The van der Waals surface area contributed by atoms with Gasteiger partial charge in [0.05, 0.1) is 0 Å². The number of rotatable bonds is 2. The average molecular weight is 175 g/mol. The minimum atomic E-state index is 0.0440. The molecule has 0 aliphatic rings. The fourth-order valence-electron chi connectivity index (χ4n) is 1.19. The Morgan fingerprint density at radius 1 is 1.46 bits per heavy atom. The number of hydrogen-bond donors (Lipinski definition) is 1. The van der Waals surface area contributed by atoms with Crippen molar-refractivity contribution in [3.8, 4) is 0 Å². The molecule has 1 rings (SSSR count). The van der Waals surface area contributed by atoms with Crippen molar-refractivity contribution < 1.29 is 4.79 Å². The summed E-state index contributed by atoms with van der Waals surface area (Å²) in [5.74, 6) is 0.0440. The molecule has 0 radical (unpaired) electrons. The second-order valence-electron chi connectivity index (χ2n) is 3.11. The number of aryl methyl sites for hydroxylation is 1. The third-order valence-electron chi connectivity index (χ3n) is 1.99. The van der Waals surface area contributed by atoms with Crippen LogP contribution in [0.2, 0.25) is 0 Å². The van der Waals surface area contributed by atoms with Crippen molar-refractivity contribution in [1.82, 2.24) is 0 Å². The van der Waals surface area contributed by atoms with Gasteiger partial charge in [0.25, 0.3) is 0 Å². The normalized spacial score (nSPS) is 9.69. The van der Waals surface area contributed by atoms with Gasteiger partial charge in [-0.2, -0.15) is 0 Å². The summed E-state index contributed by atoms with van der Waals surface area (Å²) in [4.78, 5) is 11.1. The van der Waals surface area contributed by atoms with E-state index in [1.807, 2.05) is 13.0 Å². The van der Waals surface area contributed by atoms with Gasteiger partial charge in [0.2, 0.25) is 0 Å². The molecule has 0 aliphatic carbocycles. The Labute approximate surface area is 78.1 Å². The van der Waals surface area contributed by atoms with Crippen LogP contribution in [0.1, 0.15) is 28.4 Å². The molecule has 0 unspecified atom stereocenters. The van der Waals surface area contributed by atoms with Gasteiger partial charge in [-0.05, 0) is 25.5 Å². The highest BCUT2D eigenvalue weighted by atomic mass is 16.1. The van der Waals surface area contributed by atoms with Crippen LogP contribution in [-0.4, -0.2) is 5.78 Å². The largest absolute Gasteiger partial charge is 0.399 e. The average Bonchev–Trinajstić information content (AvgIpc) is 2.04. The van der Waals surface area contributed by atoms with Crippen molar-refractivity contribution in [2.75, 3.05) is 0 Å². The molecule has 0 amide bonds. The second kappa shape index (κ2) is 3.44. The molecule has 0 bridgehead atoms. The van der Waals surface area contributed by atoms with Crippen LogP contribution in [0.25, 0.3) is 5.70 Å². The van der Waals surface area contributed by atoms with Crippen molar-refractivity contribution in [1.29, 1.82) is 0 Å². The lowest BCUT2D eigenvalue weighted by Gasteiger charge is -2.06. The first-order valence-electron chi connectivity index (χ1n) is 4.08. The number of hydrogen-bond acceptors (Lipinski definition) is 2. The second-order valence-corrected chi connectivity index (χ2v) is 3.11. The molecule has 0 fully saturated rings. The van der Waals surface area contributed by atoms with E-state index in [0.717, 1.165) is 11.1 Å². The molecule has 2 N–H and O–H groups in total. The Morgan fingerprint density at radius 3 is 2.54 bits per heavy atom. The van der Waals surface area contributed by atoms with Gasteiger partial charge in [-0.25, -0.2) is 0 Å². The van der Waals surface area contributed by atoms with Crippen molar-refractivity contribution >= 4 is 11.5 Å². The topological polar surface area (TPSA) is 43.1 Å². The van der Waals surface area contributed by atoms with E-state index in [0.29, 0.717) is 11.3 Å². The molecule has 1 aromatic carbocycles. The van der Waals surface area contributed by atoms with E-state index >= 15 is 0 Å². The zero-order chi connectivity index (χ0) is 10.0. The first kappa shape index (κ1) is 9.52. The summed E-state index contributed by atoms with van der Waals surface area (Å²) >= 11 is 0. The smallest absolute Gasteiger partial charge is 0.159 e. The molecule has 0 aromatic heterocycles. The first-order valence-corrected chi connectivity index (χ1v) is 4.08. The predicted molar refractivity (Wildman–Crippen MR) is 54.4 cm³/mol. The van der Waals surface area contributed by atoms with E-state index in [1.54, 1.807) is 12.1 Å². The molecule has 0 spiro atoms. The Kier molecular flexibility index (Phi) is 2.52. The van der Waals surface area contributed by atoms with Gasteiger partial charge < -0.3 is 5.73 Å². The van der Waals surface area contributed by atoms with Gasteiger partial charge in [-0.1, -0.05) is 18.7 Å². The fraction of sp³-hybridized carbons (Fsp3) is 0.182. The van der Waals surface area contributed by atoms with Crippen molar-refractivity contribution in [2.45, 2.75) is 13.8 Å². The fourth-order valence-corrected chi connectivity index (χ4v) is 1.19. The predicted octanol–water partition coefficient (Wildman–Crippen LogP) is 2.13. The summed E-state index contributed by atoms with van der Waals surface area (Å²) in [7, 11) is 0. The molecule has 1 aromatic rings. The number of carbonyl (C=O) groups is 1. The molecular weight excluding hydrogens is 162 g/mol.